The number of nitrogens with one attached hydrogen (secondary N) is 1. The average Bonchev–Trinajstić information content (AvgIpc) is 3.00. The molecule has 1 aromatic heterocycles. The standard InChI is InChI=1S/C16H21N3S.2ClH/c1-2-10-18-11-9-13-5-7-14(8-6-13)19-16(17)15-4-3-12-20-15;;/h3-8,12,18H,2,9-11H2,1H3,(H2,17,19);2*1H. The smallest absolute Gasteiger partial charge is 0.141 e. The van der Waals surface area contributed by atoms with Gasteiger partial charge in [0.1, 0.15) is 5.84 Å². The Bertz CT molecular complexity index is 539. The number of nitrogens with zero attached hydrogens (tertiary/aromatic N) is 1. The topological polar surface area (TPSA) is 50.4 Å². The quantitative estimate of drug-likeness (QED) is 0.442. The molecule has 0 fully saturated rings. The van der Waals surface area contributed by atoms with Gasteiger partial charge in [0.25, 0.3) is 0 Å². The van der Waals surface area contributed by atoms with E-state index >= 15 is 0 Å². The molecule has 0 spiro atoms. The minimum atomic E-state index is 0. The number of halogens is 2. The summed E-state index contributed by atoms with van der Waals surface area (Å²) in [5, 5.41) is 5.41. The van der Waals surface area contributed by atoms with Gasteiger partial charge in [0.15, 0.2) is 0 Å². The van der Waals surface area contributed by atoms with E-state index in [1.165, 1.54) is 12.0 Å². The number of hydrogen-bond donors (Lipinski definition) is 2. The molecule has 0 aliphatic heterocycles. The summed E-state index contributed by atoms with van der Waals surface area (Å²) >= 11 is 1.61. The predicted molar refractivity (Wildman–Crippen MR) is 103 cm³/mol. The lowest BCUT2D eigenvalue weighted by atomic mass is 10.1. The fourth-order valence-corrected chi connectivity index (χ4v) is 2.52. The molecule has 0 atom stereocenters. The van der Waals surface area contributed by atoms with Crippen LogP contribution in [0.3, 0.4) is 0 Å². The first-order valence-corrected chi connectivity index (χ1v) is 7.85. The number of benzene rings is 1. The van der Waals surface area contributed by atoms with Crippen molar-refractivity contribution >= 4 is 47.7 Å². The summed E-state index contributed by atoms with van der Waals surface area (Å²) in [6, 6.07) is 12.2. The van der Waals surface area contributed by atoms with Gasteiger partial charge in [0, 0.05) is 0 Å². The van der Waals surface area contributed by atoms with Gasteiger partial charge >= 0.3 is 0 Å². The van der Waals surface area contributed by atoms with E-state index in [9.17, 15) is 0 Å². The number of rotatable bonds is 7. The second kappa shape index (κ2) is 11.5. The van der Waals surface area contributed by atoms with Crippen LogP contribution in [0.4, 0.5) is 5.69 Å². The zero-order valence-electron chi connectivity index (χ0n) is 12.6. The number of hydrogen-bond acceptors (Lipinski definition) is 3. The van der Waals surface area contributed by atoms with Gasteiger partial charge < -0.3 is 11.1 Å². The second-order valence-electron chi connectivity index (χ2n) is 4.64. The third kappa shape index (κ3) is 6.79. The van der Waals surface area contributed by atoms with Crippen LogP contribution < -0.4 is 11.1 Å². The molecule has 22 heavy (non-hydrogen) atoms. The largest absolute Gasteiger partial charge is 0.383 e. The van der Waals surface area contributed by atoms with Crippen molar-refractivity contribution in [3.05, 3.63) is 52.2 Å². The van der Waals surface area contributed by atoms with E-state index in [0.29, 0.717) is 5.84 Å². The van der Waals surface area contributed by atoms with E-state index in [1.54, 1.807) is 11.3 Å². The Morgan fingerprint density at radius 2 is 1.86 bits per heavy atom. The van der Waals surface area contributed by atoms with E-state index in [-0.39, 0.29) is 24.8 Å². The first-order chi connectivity index (χ1) is 9.79. The molecule has 0 bridgehead atoms. The van der Waals surface area contributed by atoms with Crippen molar-refractivity contribution in [2.75, 3.05) is 13.1 Å². The molecule has 0 aliphatic carbocycles. The molecular formula is C16H23Cl2N3S. The number of amidine groups is 1. The molecule has 2 aromatic rings. The van der Waals surface area contributed by atoms with Crippen LogP contribution in [0, 0.1) is 0 Å². The zero-order chi connectivity index (χ0) is 14.2. The van der Waals surface area contributed by atoms with Gasteiger partial charge in [0.05, 0.1) is 10.6 Å². The first-order valence-electron chi connectivity index (χ1n) is 6.97. The summed E-state index contributed by atoms with van der Waals surface area (Å²) in [6.07, 6.45) is 2.22. The average molecular weight is 360 g/mol. The van der Waals surface area contributed by atoms with Gasteiger partial charge in [-0.05, 0) is 55.1 Å². The molecular weight excluding hydrogens is 337 g/mol. The molecule has 3 nitrogen and oxygen atoms in total. The molecule has 0 saturated carbocycles. The Morgan fingerprint density at radius 3 is 2.45 bits per heavy atom. The zero-order valence-corrected chi connectivity index (χ0v) is 15.1. The molecule has 0 saturated heterocycles. The van der Waals surface area contributed by atoms with Gasteiger partial charge in [0.2, 0.25) is 0 Å². The SMILES string of the molecule is CCCNCCc1ccc(N=C(N)c2cccs2)cc1.Cl.Cl. The maximum absolute atomic E-state index is 5.97. The fraction of sp³-hybridized carbons (Fsp3) is 0.312. The van der Waals surface area contributed by atoms with Gasteiger partial charge in [-0.3, -0.25) is 0 Å². The second-order valence-corrected chi connectivity index (χ2v) is 5.59. The highest BCUT2D eigenvalue weighted by atomic mass is 35.5. The Morgan fingerprint density at radius 1 is 1.14 bits per heavy atom. The summed E-state index contributed by atoms with van der Waals surface area (Å²) in [5.41, 5.74) is 8.20. The van der Waals surface area contributed by atoms with Crippen LogP contribution in [0.5, 0.6) is 0 Å². The van der Waals surface area contributed by atoms with Gasteiger partial charge in [-0.2, -0.15) is 0 Å². The molecule has 122 valence electrons. The molecule has 1 heterocycles. The highest BCUT2D eigenvalue weighted by Crippen LogP contribution is 2.16. The molecule has 6 heteroatoms. The summed E-state index contributed by atoms with van der Waals surface area (Å²) in [6.45, 7) is 4.28. The third-order valence-corrected chi connectivity index (χ3v) is 3.87. The van der Waals surface area contributed by atoms with Gasteiger partial charge in [-0.1, -0.05) is 25.1 Å². The van der Waals surface area contributed by atoms with Crippen molar-refractivity contribution in [1.29, 1.82) is 0 Å². The molecule has 0 radical (unpaired) electrons. The Balaban J connectivity index is 0.00000220. The van der Waals surface area contributed by atoms with Crippen molar-refractivity contribution < 1.29 is 0 Å². The summed E-state index contributed by atoms with van der Waals surface area (Å²) < 4.78 is 0. The molecule has 1 aromatic carbocycles. The van der Waals surface area contributed by atoms with Gasteiger partial charge in [-0.25, -0.2) is 4.99 Å². The number of aliphatic imine (C=N–C) groups is 1. The summed E-state index contributed by atoms with van der Waals surface area (Å²) in [5.74, 6) is 0.581. The molecule has 0 unspecified atom stereocenters. The lowest BCUT2D eigenvalue weighted by Gasteiger charge is -2.04. The molecule has 0 aliphatic rings. The van der Waals surface area contributed by atoms with E-state index in [0.717, 1.165) is 30.1 Å². The van der Waals surface area contributed by atoms with Gasteiger partial charge in [-0.15, -0.1) is 36.2 Å². The summed E-state index contributed by atoms with van der Waals surface area (Å²) in [7, 11) is 0. The van der Waals surface area contributed by atoms with E-state index in [4.69, 9.17) is 5.73 Å². The first kappa shape index (κ1) is 20.9. The monoisotopic (exact) mass is 359 g/mol. The van der Waals surface area contributed by atoms with Crippen molar-refractivity contribution in [2.24, 2.45) is 10.7 Å². The minimum Gasteiger partial charge on any atom is -0.383 e. The normalized spacial score (nSPS) is 10.7. The van der Waals surface area contributed by atoms with E-state index < -0.39 is 0 Å². The van der Waals surface area contributed by atoms with Crippen molar-refractivity contribution in [3.8, 4) is 0 Å². The summed E-state index contributed by atoms with van der Waals surface area (Å²) in [4.78, 5) is 5.45. The highest BCUT2D eigenvalue weighted by molar-refractivity contribution is 7.12. The Labute approximate surface area is 148 Å². The molecule has 2 rings (SSSR count). The van der Waals surface area contributed by atoms with E-state index in [1.807, 2.05) is 29.6 Å². The number of thiophene rings is 1. The maximum atomic E-state index is 5.97. The van der Waals surface area contributed by atoms with Crippen molar-refractivity contribution in [2.45, 2.75) is 19.8 Å². The minimum absolute atomic E-state index is 0. The van der Waals surface area contributed by atoms with E-state index in [2.05, 4.69) is 29.4 Å². The van der Waals surface area contributed by atoms with Crippen LogP contribution in [0.2, 0.25) is 0 Å². The predicted octanol–water partition coefficient (Wildman–Crippen LogP) is 4.17. The fourth-order valence-electron chi connectivity index (χ4n) is 1.89. The van der Waals surface area contributed by atoms with Crippen LogP contribution in [0.15, 0.2) is 46.8 Å². The number of nitrogens with two attached hydrogens (primary N) is 1. The highest BCUT2D eigenvalue weighted by Gasteiger charge is 1.99. The third-order valence-electron chi connectivity index (χ3n) is 2.98. The maximum Gasteiger partial charge on any atom is 0.141 e. The van der Waals surface area contributed by atoms with Crippen LogP contribution in [-0.2, 0) is 6.42 Å². The van der Waals surface area contributed by atoms with Crippen LogP contribution in [-0.4, -0.2) is 18.9 Å². The Hall–Kier alpha value is -1.07. The van der Waals surface area contributed by atoms with Crippen molar-refractivity contribution in [1.82, 2.24) is 5.32 Å². The molecule has 3 N–H and O–H groups in total. The van der Waals surface area contributed by atoms with Crippen LogP contribution in [0.25, 0.3) is 0 Å². The Kier molecular flexibility index (Phi) is 10.9. The van der Waals surface area contributed by atoms with Crippen LogP contribution >= 0.6 is 36.2 Å². The lowest BCUT2D eigenvalue weighted by Crippen LogP contribution is -2.17. The lowest BCUT2D eigenvalue weighted by molar-refractivity contribution is 0.671. The van der Waals surface area contributed by atoms with Crippen LogP contribution in [0.1, 0.15) is 23.8 Å². The van der Waals surface area contributed by atoms with Crippen molar-refractivity contribution in [3.63, 3.8) is 0 Å². The molecule has 0 amide bonds.